The molecule has 0 radical (unpaired) electrons. The Balaban J connectivity index is 2.21. The van der Waals surface area contributed by atoms with Crippen LogP contribution in [-0.2, 0) is 0 Å². The van der Waals surface area contributed by atoms with Gasteiger partial charge in [0, 0.05) is 35.6 Å². The van der Waals surface area contributed by atoms with Crippen LogP contribution in [0.15, 0.2) is 36.5 Å². The summed E-state index contributed by atoms with van der Waals surface area (Å²) >= 11 is 5.92. The predicted octanol–water partition coefficient (Wildman–Crippen LogP) is 3.78. The van der Waals surface area contributed by atoms with Crippen LogP contribution in [0.4, 0.5) is 5.69 Å². The average Bonchev–Trinajstić information content (AvgIpc) is 2.58. The molecule has 0 aliphatic rings. The third kappa shape index (κ3) is 4.11. The normalized spacial score (nSPS) is 10.3. The van der Waals surface area contributed by atoms with Crippen molar-refractivity contribution in [1.29, 1.82) is 0 Å². The number of hydrogen-bond acceptors (Lipinski definition) is 3. The summed E-state index contributed by atoms with van der Waals surface area (Å²) in [4.78, 5) is 30.5. The number of aryl methyl sites for hydroxylation is 1. The van der Waals surface area contributed by atoms with Crippen LogP contribution in [0.3, 0.4) is 0 Å². The van der Waals surface area contributed by atoms with Crippen LogP contribution >= 0.6 is 11.6 Å². The van der Waals surface area contributed by atoms with Crippen LogP contribution in [0.1, 0.15) is 40.3 Å². The molecule has 2 amide bonds. The minimum absolute atomic E-state index is 0.112. The molecule has 6 heteroatoms. The molecule has 126 valence electrons. The molecule has 1 heterocycles. The van der Waals surface area contributed by atoms with Gasteiger partial charge in [-0.2, -0.15) is 0 Å². The maximum absolute atomic E-state index is 12.4. The van der Waals surface area contributed by atoms with Gasteiger partial charge in [-0.25, -0.2) is 0 Å². The van der Waals surface area contributed by atoms with Gasteiger partial charge in [-0.1, -0.05) is 11.6 Å². The second-order valence-corrected chi connectivity index (χ2v) is 5.76. The number of rotatable bonds is 5. The second kappa shape index (κ2) is 7.93. The molecule has 0 aliphatic carbocycles. The number of carbonyl (C=O) groups is 2. The highest BCUT2D eigenvalue weighted by molar-refractivity contribution is 6.30. The zero-order valence-corrected chi connectivity index (χ0v) is 14.7. The van der Waals surface area contributed by atoms with Gasteiger partial charge in [-0.3, -0.25) is 14.6 Å². The SMILES string of the molecule is CCN(CC)C(=O)c1ccnc(C(=O)Nc2ccc(Cl)cc2C)c1. The first kappa shape index (κ1) is 17.9. The van der Waals surface area contributed by atoms with Gasteiger partial charge in [0.05, 0.1) is 0 Å². The van der Waals surface area contributed by atoms with E-state index in [0.29, 0.717) is 29.4 Å². The van der Waals surface area contributed by atoms with Crippen LogP contribution in [-0.4, -0.2) is 34.8 Å². The Morgan fingerprint density at radius 2 is 1.88 bits per heavy atom. The first-order chi connectivity index (χ1) is 11.5. The lowest BCUT2D eigenvalue weighted by atomic mass is 10.1. The molecular formula is C18H20ClN3O2. The molecule has 0 fully saturated rings. The number of pyridine rings is 1. The highest BCUT2D eigenvalue weighted by Crippen LogP contribution is 2.20. The van der Waals surface area contributed by atoms with Crippen molar-refractivity contribution in [2.75, 3.05) is 18.4 Å². The first-order valence-electron chi connectivity index (χ1n) is 7.79. The van der Waals surface area contributed by atoms with E-state index < -0.39 is 0 Å². The molecule has 24 heavy (non-hydrogen) atoms. The summed E-state index contributed by atoms with van der Waals surface area (Å²) in [6.07, 6.45) is 1.47. The maximum atomic E-state index is 12.4. The van der Waals surface area contributed by atoms with Gasteiger partial charge < -0.3 is 10.2 Å². The number of aromatic nitrogens is 1. The smallest absolute Gasteiger partial charge is 0.274 e. The molecule has 1 aromatic carbocycles. The molecule has 0 unspecified atom stereocenters. The van der Waals surface area contributed by atoms with Crippen molar-refractivity contribution in [3.05, 3.63) is 58.4 Å². The van der Waals surface area contributed by atoms with E-state index in [4.69, 9.17) is 11.6 Å². The van der Waals surface area contributed by atoms with Crippen LogP contribution < -0.4 is 5.32 Å². The topological polar surface area (TPSA) is 62.3 Å². The monoisotopic (exact) mass is 345 g/mol. The lowest BCUT2D eigenvalue weighted by Gasteiger charge is -2.18. The molecule has 0 atom stereocenters. The molecule has 0 spiro atoms. The number of nitrogens with zero attached hydrogens (tertiary/aromatic N) is 2. The zero-order valence-electron chi connectivity index (χ0n) is 14.0. The Morgan fingerprint density at radius 1 is 1.17 bits per heavy atom. The minimum Gasteiger partial charge on any atom is -0.339 e. The van der Waals surface area contributed by atoms with E-state index in [1.165, 1.54) is 12.3 Å². The fraction of sp³-hybridized carbons (Fsp3) is 0.278. The Kier molecular flexibility index (Phi) is 5.93. The molecule has 0 saturated heterocycles. The van der Waals surface area contributed by atoms with Crippen LogP contribution in [0.5, 0.6) is 0 Å². The van der Waals surface area contributed by atoms with Gasteiger partial charge in [-0.15, -0.1) is 0 Å². The van der Waals surface area contributed by atoms with Gasteiger partial charge in [0.2, 0.25) is 0 Å². The fourth-order valence-corrected chi connectivity index (χ4v) is 2.56. The molecule has 0 saturated carbocycles. The largest absolute Gasteiger partial charge is 0.339 e. The molecule has 5 nitrogen and oxygen atoms in total. The van der Waals surface area contributed by atoms with Gasteiger partial charge in [-0.05, 0) is 56.7 Å². The second-order valence-electron chi connectivity index (χ2n) is 5.32. The standard InChI is InChI=1S/C18H20ClN3O2/c1-4-22(5-2)18(24)13-8-9-20-16(11-13)17(23)21-15-7-6-14(19)10-12(15)3/h6-11H,4-5H2,1-3H3,(H,21,23). The number of hydrogen-bond donors (Lipinski definition) is 1. The lowest BCUT2D eigenvalue weighted by Crippen LogP contribution is -2.30. The Hall–Kier alpha value is -2.40. The summed E-state index contributed by atoms with van der Waals surface area (Å²) in [5.74, 6) is -0.478. The van der Waals surface area contributed by atoms with Crippen molar-refractivity contribution >= 4 is 29.1 Å². The molecule has 2 rings (SSSR count). The molecule has 1 N–H and O–H groups in total. The van der Waals surface area contributed by atoms with E-state index in [9.17, 15) is 9.59 Å². The summed E-state index contributed by atoms with van der Waals surface area (Å²) in [5, 5.41) is 3.40. The van der Waals surface area contributed by atoms with E-state index in [1.54, 1.807) is 29.2 Å². The summed E-state index contributed by atoms with van der Waals surface area (Å²) in [6.45, 7) is 6.92. The lowest BCUT2D eigenvalue weighted by molar-refractivity contribution is 0.0773. The maximum Gasteiger partial charge on any atom is 0.274 e. The van der Waals surface area contributed by atoms with Crippen molar-refractivity contribution < 1.29 is 9.59 Å². The van der Waals surface area contributed by atoms with Crippen LogP contribution in [0.25, 0.3) is 0 Å². The summed E-state index contributed by atoms with van der Waals surface area (Å²) in [7, 11) is 0. The van der Waals surface area contributed by atoms with E-state index in [1.807, 2.05) is 20.8 Å². The quantitative estimate of drug-likeness (QED) is 0.897. The summed E-state index contributed by atoms with van der Waals surface area (Å²) in [6, 6.07) is 8.34. The number of nitrogens with one attached hydrogen (secondary N) is 1. The summed E-state index contributed by atoms with van der Waals surface area (Å²) < 4.78 is 0. The molecule has 1 aromatic heterocycles. The minimum atomic E-state index is -0.366. The number of benzene rings is 1. The van der Waals surface area contributed by atoms with Gasteiger partial charge in [0.25, 0.3) is 11.8 Å². The highest BCUT2D eigenvalue weighted by atomic mass is 35.5. The van der Waals surface area contributed by atoms with Crippen LogP contribution in [0.2, 0.25) is 5.02 Å². The molecule has 0 bridgehead atoms. The zero-order chi connectivity index (χ0) is 17.7. The number of amides is 2. The number of carbonyl (C=O) groups excluding carboxylic acids is 2. The van der Waals surface area contributed by atoms with Crippen molar-refractivity contribution in [2.24, 2.45) is 0 Å². The Bertz CT molecular complexity index is 758. The van der Waals surface area contributed by atoms with E-state index in [0.717, 1.165) is 5.56 Å². The highest BCUT2D eigenvalue weighted by Gasteiger charge is 2.16. The van der Waals surface area contributed by atoms with Crippen molar-refractivity contribution in [3.8, 4) is 0 Å². The van der Waals surface area contributed by atoms with Crippen molar-refractivity contribution in [2.45, 2.75) is 20.8 Å². The molecule has 0 aliphatic heterocycles. The van der Waals surface area contributed by atoms with E-state index in [2.05, 4.69) is 10.3 Å². The average molecular weight is 346 g/mol. The third-order valence-electron chi connectivity index (χ3n) is 3.73. The van der Waals surface area contributed by atoms with Crippen molar-refractivity contribution in [1.82, 2.24) is 9.88 Å². The first-order valence-corrected chi connectivity index (χ1v) is 8.16. The Labute approximate surface area is 146 Å². The van der Waals surface area contributed by atoms with Crippen LogP contribution in [0, 0.1) is 6.92 Å². The fourth-order valence-electron chi connectivity index (χ4n) is 2.33. The Morgan fingerprint density at radius 3 is 2.50 bits per heavy atom. The molecular weight excluding hydrogens is 326 g/mol. The van der Waals surface area contributed by atoms with Gasteiger partial charge in [0.15, 0.2) is 0 Å². The van der Waals surface area contributed by atoms with Crippen molar-refractivity contribution in [3.63, 3.8) is 0 Å². The van der Waals surface area contributed by atoms with E-state index >= 15 is 0 Å². The summed E-state index contributed by atoms with van der Waals surface area (Å²) in [5.41, 5.74) is 2.16. The number of anilines is 1. The van der Waals surface area contributed by atoms with Gasteiger partial charge >= 0.3 is 0 Å². The third-order valence-corrected chi connectivity index (χ3v) is 3.96. The van der Waals surface area contributed by atoms with E-state index in [-0.39, 0.29) is 17.5 Å². The van der Waals surface area contributed by atoms with Gasteiger partial charge in [0.1, 0.15) is 5.69 Å². The predicted molar refractivity (Wildman–Crippen MR) is 95.6 cm³/mol. The number of halogens is 1. The molecule has 2 aromatic rings.